The van der Waals surface area contributed by atoms with Crippen molar-refractivity contribution in [3.05, 3.63) is 47.3 Å². The van der Waals surface area contributed by atoms with Crippen LogP contribution in [0.5, 0.6) is 0 Å². The van der Waals surface area contributed by atoms with Crippen LogP contribution in [-0.4, -0.2) is 11.2 Å². The molecule has 0 saturated carbocycles. The van der Waals surface area contributed by atoms with Crippen molar-refractivity contribution in [1.29, 1.82) is 0 Å². The van der Waals surface area contributed by atoms with E-state index < -0.39 is 6.10 Å². The van der Waals surface area contributed by atoms with Gasteiger partial charge in [-0.1, -0.05) is 23.7 Å². The molecule has 1 N–H and O–H groups in total. The quantitative estimate of drug-likeness (QED) is 0.744. The third kappa shape index (κ3) is 2.83. The lowest BCUT2D eigenvalue weighted by atomic mass is 10.1. The van der Waals surface area contributed by atoms with Crippen molar-refractivity contribution in [1.82, 2.24) is 0 Å². The van der Waals surface area contributed by atoms with Gasteiger partial charge < -0.3 is 5.11 Å². The lowest BCUT2D eigenvalue weighted by Crippen LogP contribution is -2.06. The second kappa shape index (κ2) is 4.40. The van der Waals surface area contributed by atoms with Crippen molar-refractivity contribution in [3.63, 3.8) is 0 Å². The molecule has 0 aliphatic rings. The van der Waals surface area contributed by atoms with Crippen molar-refractivity contribution in [2.24, 2.45) is 0 Å². The molecule has 0 bridgehead atoms. The number of halogens is 2. The third-order valence-electron chi connectivity index (χ3n) is 1.72. The van der Waals surface area contributed by atoms with E-state index in [4.69, 9.17) is 11.6 Å². The predicted molar refractivity (Wildman–Crippen MR) is 51.3 cm³/mol. The average Bonchev–Trinajstić information content (AvgIpc) is 2.09. The molecule has 1 unspecified atom stereocenters. The fourth-order valence-corrected chi connectivity index (χ4v) is 1.24. The summed E-state index contributed by atoms with van der Waals surface area (Å²) < 4.78 is 12.6. The molecule has 0 amide bonds. The van der Waals surface area contributed by atoms with Gasteiger partial charge in [-0.25, -0.2) is 4.39 Å². The molecule has 1 aromatic rings. The van der Waals surface area contributed by atoms with E-state index in [0.717, 1.165) is 5.56 Å². The molecule has 0 heterocycles. The molecule has 0 saturated heterocycles. The van der Waals surface area contributed by atoms with Gasteiger partial charge in [0.05, 0.1) is 6.10 Å². The maximum atomic E-state index is 12.6. The summed E-state index contributed by atoms with van der Waals surface area (Å²) in [6.07, 6.45) is 1.14. The van der Waals surface area contributed by atoms with Gasteiger partial charge in [-0.2, -0.15) is 0 Å². The molecule has 0 aromatic heterocycles. The van der Waals surface area contributed by atoms with E-state index in [2.05, 4.69) is 6.58 Å². The first kappa shape index (κ1) is 10.2. The maximum absolute atomic E-state index is 12.6. The first-order chi connectivity index (χ1) is 6.13. The SMILES string of the molecule is C=CC(O)Cc1ccc(F)cc1Cl. The Kier molecular flexibility index (Phi) is 3.46. The fourth-order valence-electron chi connectivity index (χ4n) is 0.996. The molecule has 1 nitrogen and oxygen atoms in total. The standard InChI is InChI=1S/C10H10ClFO/c1-2-9(13)5-7-3-4-8(12)6-10(7)11/h2-4,6,9,13H,1,5H2. The fraction of sp³-hybridized carbons (Fsp3) is 0.200. The van der Waals surface area contributed by atoms with Crippen LogP contribution in [0.1, 0.15) is 5.56 Å². The van der Waals surface area contributed by atoms with Crippen LogP contribution >= 0.6 is 11.6 Å². The molecule has 70 valence electrons. The van der Waals surface area contributed by atoms with E-state index >= 15 is 0 Å². The van der Waals surface area contributed by atoms with Gasteiger partial charge in [0.1, 0.15) is 5.82 Å². The van der Waals surface area contributed by atoms with Gasteiger partial charge in [-0.05, 0) is 17.7 Å². The van der Waals surface area contributed by atoms with Gasteiger partial charge >= 0.3 is 0 Å². The van der Waals surface area contributed by atoms with E-state index in [1.807, 2.05) is 0 Å². The van der Waals surface area contributed by atoms with Gasteiger partial charge in [0, 0.05) is 11.4 Å². The van der Waals surface area contributed by atoms with Crippen molar-refractivity contribution in [2.45, 2.75) is 12.5 Å². The number of benzene rings is 1. The smallest absolute Gasteiger partial charge is 0.124 e. The number of aliphatic hydroxyl groups excluding tert-OH is 1. The van der Waals surface area contributed by atoms with Gasteiger partial charge in [0.2, 0.25) is 0 Å². The van der Waals surface area contributed by atoms with E-state index in [9.17, 15) is 9.50 Å². The lowest BCUT2D eigenvalue weighted by molar-refractivity contribution is 0.224. The zero-order chi connectivity index (χ0) is 9.84. The number of hydrogen-bond donors (Lipinski definition) is 1. The minimum absolute atomic E-state index is 0.334. The van der Waals surface area contributed by atoms with Gasteiger partial charge in [-0.3, -0.25) is 0 Å². The largest absolute Gasteiger partial charge is 0.389 e. The van der Waals surface area contributed by atoms with Crippen molar-refractivity contribution < 1.29 is 9.50 Å². The van der Waals surface area contributed by atoms with Crippen molar-refractivity contribution >= 4 is 11.6 Å². The Labute approximate surface area is 81.5 Å². The molecule has 3 heteroatoms. The number of aliphatic hydroxyl groups is 1. The van der Waals surface area contributed by atoms with E-state index in [-0.39, 0.29) is 5.82 Å². The maximum Gasteiger partial charge on any atom is 0.124 e. The highest BCUT2D eigenvalue weighted by atomic mass is 35.5. The molecule has 13 heavy (non-hydrogen) atoms. The molecule has 0 fully saturated rings. The van der Waals surface area contributed by atoms with E-state index in [1.54, 1.807) is 6.07 Å². The Morgan fingerprint density at radius 1 is 1.62 bits per heavy atom. The summed E-state index contributed by atoms with van der Waals surface area (Å²) >= 11 is 5.75. The highest BCUT2D eigenvalue weighted by molar-refractivity contribution is 6.31. The summed E-state index contributed by atoms with van der Waals surface area (Å²) in [6, 6.07) is 4.11. The summed E-state index contributed by atoms with van der Waals surface area (Å²) in [7, 11) is 0. The summed E-state index contributed by atoms with van der Waals surface area (Å²) in [6.45, 7) is 3.44. The van der Waals surface area contributed by atoms with E-state index in [1.165, 1.54) is 18.2 Å². The summed E-state index contributed by atoms with van der Waals surface area (Å²) in [4.78, 5) is 0. The predicted octanol–water partition coefficient (Wildman–Crippen LogP) is 2.57. The summed E-state index contributed by atoms with van der Waals surface area (Å²) in [5.41, 5.74) is 0.718. The summed E-state index contributed by atoms with van der Waals surface area (Å²) in [5, 5.41) is 9.57. The first-order valence-corrected chi connectivity index (χ1v) is 4.26. The number of hydrogen-bond acceptors (Lipinski definition) is 1. The molecule has 0 radical (unpaired) electrons. The zero-order valence-corrected chi connectivity index (χ0v) is 7.76. The van der Waals surface area contributed by atoms with Crippen LogP contribution in [0.25, 0.3) is 0 Å². The molecule has 1 atom stereocenters. The summed E-state index contributed by atoms with van der Waals surface area (Å²) in [5.74, 6) is -0.373. The second-order valence-electron chi connectivity index (χ2n) is 2.74. The third-order valence-corrected chi connectivity index (χ3v) is 2.07. The lowest BCUT2D eigenvalue weighted by Gasteiger charge is -2.06. The normalized spacial score (nSPS) is 12.5. The molecular formula is C10H10ClFO. The van der Waals surface area contributed by atoms with Crippen LogP contribution in [0.4, 0.5) is 4.39 Å². The average molecular weight is 201 g/mol. The Balaban J connectivity index is 2.83. The van der Waals surface area contributed by atoms with Crippen LogP contribution in [0, 0.1) is 5.82 Å². The Morgan fingerprint density at radius 2 is 2.31 bits per heavy atom. The Morgan fingerprint density at radius 3 is 2.85 bits per heavy atom. The molecule has 1 rings (SSSR count). The van der Waals surface area contributed by atoms with Crippen molar-refractivity contribution in [2.75, 3.05) is 0 Å². The molecule has 0 aliphatic carbocycles. The van der Waals surface area contributed by atoms with Gasteiger partial charge in [0.15, 0.2) is 0 Å². The first-order valence-electron chi connectivity index (χ1n) is 3.88. The zero-order valence-electron chi connectivity index (χ0n) is 7.00. The molecule has 0 spiro atoms. The topological polar surface area (TPSA) is 20.2 Å². The van der Waals surface area contributed by atoms with Crippen LogP contribution in [-0.2, 0) is 6.42 Å². The highest BCUT2D eigenvalue weighted by Gasteiger charge is 2.05. The van der Waals surface area contributed by atoms with Crippen LogP contribution in [0.2, 0.25) is 5.02 Å². The van der Waals surface area contributed by atoms with Crippen molar-refractivity contribution in [3.8, 4) is 0 Å². The molecule has 0 aliphatic heterocycles. The Hall–Kier alpha value is -0.860. The monoisotopic (exact) mass is 200 g/mol. The number of rotatable bonds is 3. The molecular weight excluding hydrogens is 191 g/mol. The highest BCUT2D eigenvalue weighted by Crippen LogP contribution is 2.18. The minimum atomic E-state index is -0.636. The van der Waals surface area contributed by atoms with Crippen LogP contribution < -0.4 is 0 Å². The molecule has 1 aromatic carbocycles. The van der Waals surface area contributed by atoms with Crippen LogP contribution in [0.15, 0.2) is 30.9 Å². The van der Waals surface area contributed by atoms with E-state index in [0.29, 0.717) is 11.4 Å². The van der Waals surface area contributed by atoms with Gasteiger partial charge in [0.25, 0.3) is 0 Å². The second-order valence-corrected chi connectivity index (χ2v) is 3.15. The Bertz CT molecular complexity index is 312. The van der Waals surface area contributed by atoms with Gasteiger partial charge in [-0.15, -0.1) is 6.58 Å². The minimum Gasteiger partial charge on any atom is -0.389 e. The van der Waals surface area contributed by atoms with Crippen LogP contribution in [0.3, 0.4) is 0 Å².